The van der Waals surface area contributed by atoms with Crippen molar-refractivity contribution in [2.75, 3.05) is 17.6 Å². The van der Waals surface area contributed by atoms with Gasteiger partial charge in [-0.2, -0.15) is 0 Å². The average molecular weight is 406 g/mol. The summed E-state index contributed by atoms with van der Waals surface area (Å²) < 4.78 is 3.45. The summed E-state index contributed by atoms with van der Waals surface area (Å²) in [5.41, 5.74) is 7.75. The molecule has 0 saturated carbocycles. The van der Waals surface area contributed by atoms with Crippen molar-refractivity contribution in [2.45, 2.75) is 24.3 Å². The highest BCUT2D eigenvalue weighted by atomic mass is 35.5. The first-order valence-electron chi connectivity index (χ1n) is 8.47. The number of fused-ring (bicyclic) bond motifs is 1. The number of hydrogen-bond acceptors (Lipinski definition) is 4. The summed E-state index contributed by atoms with van der Waals surface area (Å²) in [7, 11) is 0. The van der Waals surface area contributed by atoms with Crippen molar-refractivity contribution >= 4 is 57.3 Å². The lowest BCUT2D eigenvalue weighted by Crippen LogP contribution is -2.30. The van der Waals surface area contributed by atoms with Crippen LogP contribution in [0.25, 0.3) is 10.8 Å². The quantitative estimate of drug-likeness (QED) is 0.322. The molecule has 0 bridgehead atoms. The Kier molecular flexibility index (Phi) is 6.54. The number of nitrogens with two attached hydrogens (primary N) is 1. The van der Waals surface area contributed by atoms with E-state index in [1.54, 1.807) is 12.1 Å². The SMILES string of the molecule is CCC(CNc1cccc2ccccc12)NSc1c(N)cc(Cl)cc1Cl. The van der Waals surface area contributed by atoms with Crippen molar-refractivity contribution in [2.24, 2.45) is 0 Å². The lowest BCUT2D eigenvalue weighted by molar-refractivity contribution is 0.638. The molecule has 26 heavy (non-hydrogen) atoms. The number of hydrogen-bond donors (Lipinski definition) is 3. The molecular formula is C20H21Cl2N3S. The highest BCUT2D eigenvalue weighted by Crippen LogP contribution is 2.34. The molecule has 0 aliphatic carbocycles. The molecule has 0 fully saturated rings. The van der Waals surface area contributed by atoms with Crippen molar-refractivity contribution in [1.82, 2.24) is 4.72 Å². The van der Waals surface area contributed by atoms with E-state index < -0.39 is 0 Å². The van der Waals surface area contributed by atoms with E-state index in [9.17, 15) is 0 Å². The minimum Gasteiger partial charge on any atom is -0.398 e. The topological polar surface area (TPSA) is 50.1 Å². The van der Waals surface area contributed by atoms with Crippen LogP contribution in [0.15, 0.2) is 59.5 Å². The predicted molar refractivity (Wildman–Crippen MR) is 116 cm³/mol. The molecule has 1 atom stereocenters. The van der Waals surface area contributed by atoms with Gasteiger partial charge < -0.3 is 11.1 Å². The fourth-order valence-corrected chi connectivity index (χ4v) is 4.20. The van der Waals surface area contributed by atoms with Crippen LogP contribution in [0.1, 0.15) is 13.3 Å². The van der Waals surface area contributed by atoms with Crippen LogP contribution < -0.4 is 15.8 Å². The molecule has 0 aromatic heterocycles. The van der Waals surface area contributed by atoms with Gasteiger partial charge in [0.2, 0.25) is 0 Å². The number of rotatable bonds is 7. The van der Waals surface area contributed by atoms with Gasteiger partial charge in [-0.1, -0.05) is 66.5 Å². The van der Waals surface area contributed by atoms with Crippen LogP contribution >= 0.6 is 35.1 Å². The van der Waals surface area contributed by atoms with Crippen molar-refractivity contribution in [1.29, 1.82) is 0 Å². The van der Waals surface area contributed by atoms with Crippen LogP contribution in [0.2, 0.25) is 10.0 Å². The van der Waals surface area contributed by atoms with Gasteiger partial charge in [0.25, 0.3) is 0 Å². The van der Waals surface area contributed by atoms with E-state index in [0.717, 1.165) is 23.5 Å². The van der Waals surface area contributed by atoms with Gasteiger partial charge in [0.1, 0.15) is 0 Å². The second-order valence-corrected chi connectivity index (χ2v) is 7.73. The van der Waals surface area contributed by atoms with E-state index >= 15 is 0 Å². The highest BCUT2D eigenvalue weighted by Gasteiger charge is 2.12. The average Bonchev–Trinajstić information content (AvgIpc) is 2.63. The van der Waals surface area contributed by atoms with Crippen molar-refractivity contribution in [3.05, 3.63) is 64.6 Å². The van der Waals surface area contributed by atoms with Gasteiger partial charge in [-0.3, -0.25) is 4.72 Å². The summed E-state index contributed by atoms with van der Waals surface area (Å²) in [5.74, 6) is 0. The van der Waals surface area contributed by atoms with Crippen LogP contribution in [0.3, 0.4) is 0 Å². The minimum atomic E-state index is 0.255. The Morgan fingerprint density at radius 2 is 1.85 bits per heavy atom. The van der Waals surface area contributed by atoms with Gasteiger partial charge in [0.15, 0.2) is 0 Å². The Balaban J connectivity index is 1.65. The van der Waals surface area contributed by atoms with E-state index in [-0.39, 0.29) is 6.04 Å². The summed E-state index contributed by atoms with van der Waals surface area (Å²) in [4.78, 5) is 0.805. The van der Waals surface area contributed by atoms with Gasteiger partial charge in [0, 0.05) is 34.4 Å². The molecule has 3 nitrogen and oxygen atoms in total. The van der Waals surface area contributed by atoms with Crippen molar-refractivity contribution in [3.63, 3.8) is 0 Å². The molecule has 3 aromatic rings. The molecule has 0 amide bonds. The van der Waals surface area contributed by atoms with Gasteiger partial charge in [0.05, 0.1) is 9.92 Å². The first-order valence-corrected chi connectivity index (χ1v) is 10.0. The Labute approximate surface area is 168 Å². The molecule has 0 spiro atoms. The normalized spacial score (nSPS) is 12.3. The molecule has 3 rings (SSSR count). The summed E-state index contributed by atoms with van der Waals surface area (Å²) in [5, 5.41) is 7.11. The molecule has 4 N–H and O–H groups in total. The fraction of sp³-hybridized carbons (Fsp3) is 0.200. The molecule has 1 unspecified atom stereocenters. The van der Waals surface area contributed by atoms with E-state index in [1.807, 2.05) is 0 Å². The molecule has 0 radical (unpaired) electrons. The second kappa shape index (κ2) is 8.87. The lowest BCUT2D eigenvalue weighted by Gasteiger charge is -2.19. The van der Waals surface area contributed by atoms with Crippen molar-refractivity contribution < 1.29 is 0 Å². The number of benzene rings is 3. The Morgan fingerprint density at radius 1 is 1.08 bits per heavy atom. The summed E-state index contributed by atoms with van der Waals surface area (Å²) in [6, 6.07) is 18.3. The van der Waals surface area contributed by atoms with Crippen LogP contribution in [0, 0.1) is 0 Å². The van der Waals surface area contributed by atoms with Crippen LogP contribution in [0.5, 0.6) is 0 Å². The first-order chi connectivity index (χ1) is 12.6. The Morgan fingerprint density at radius 3 is 2.62 bits per heavy atom. The fourth-order valence-electron chi connectivity index (χ4n) is 2.71. The lowest BCUT2D eigenvalue weighted by atomic mass is 10.1. The van der Waals surface area contributed by atoms with Crippen LogP contribution in [-0.4, -0.2) is 12.6 Å². The number of anilines is 2. The van der Waals surface area contributed by atoms with E-state index in [2.05, 4.69) is 59.4 Å². The largest absolute Gasteiger partial charge is 0.398 e. The molecule has 0 saturated heterocycles. The monoisotopic (exact) mass is 405 g/mol. The third-order valence-electron chi connectivity index (χ3n) is 4.19. The molecule has 0 heterocycles. The third kappa shape index (κ3) is 4.57. The number of nitrogens with one attached hydrogen (secondary N) is 2. The van der Waals surface area contributed by atoms with Gasteiger partial charge >= 0.3 is 0 Å². The standard InChI is InChI=1S/C20H21Cl2N3S/c1-2-15(25-26-20-17(22)10-14(21)11-18(20)23)12-24-19-9-5-7-13-6-3-4-8-16(13)19/h3-11,15,24-25H,2,12,23H2,1H3. The third-order valence-corrected chi connectivity index (χ3v) is 5.93. The molecule has 0 aliphatic rings. The van der Waals surface area contributed by atoms with E-state index in [4.69, 9.17) is 28.9 Å². The first kappa shape index (κ1) is 19.2. The number of nitrogen functional groups attached to an aromatic ring is 1. The zero-order valence-electron chi connectivity index (χ0n) is 14.4. The van der Waals surface area contributed by atoms with E-state index in [0.29, 0.717) is 15.7 Å². The zero-order chi connectivity index (χ0) is 18.5. The molecule has 136 valence electrons. The molecule has 0 aliphatic heterocycles. The molecule has 6 heteroatoms. The summed E-state index contributed by atoms with van der Waals surface area (Å²) in [6.45, 7) is 2.94. The Hall–Kier alpha value is -1.59. The van der Waals surface area contributed by atoms with Crippen LogP contribution in [-0.2, 0) is 0 Å². The smallest absolute Gasteiger partial charge is 0.0645 e. The van der Waals surface area contributed by atoms with Gasteiger partial charge in [-0.25, -0.2) is 0 Å². The molecule has 3 aromatic carbocycles. The Bertz CT molecular complexity index is 873. The summed E-state index contributed by atoms with van der Waals surface area (Å²) in [6.07, 6.45) is 0.968. The molecular weight excluding hydrogens is 385 g/mol. The van der Waals surface area contributed by atoms with Gasteiger partial charge in [-0.15, -0.1) is 0 Å². The highest BCUT2D eigenvalue weighted by molar-refractivity contribution is 7.97. The van der Waals surface area contributed by atoms with Crippen LogP contribution in [0.4, 0.5) is 11.4 Å². The minimum absolute atomic E-state index is 0.255. The predicted octanol–water partition coefficient (Wildman–Crippen LogP) is 6.22. The van der Waals surface area contributed by atoms with Crippen molar-refractivity contribution in [3.8, 4) is 0 Å². The number of halogens is 2. The summed E-state index contributed by atoms with van der Waals surface area (Å²) >= 11 is 13.7. The zero-order valence-corrected chi connectivity index (χ0v) is 16.8. The maximum absolute atomic E-state index is 6.26. The second-order valence-electron chi connectivity index (χ2n) is 6.04. The van der Waals surface area contributed by atoms with E-state index in [1.165, 1.54) is 22.7 Å². The van der Waals surface area contributed by atoms with Gasteiger partial charge in [-0.05, 0) is 42.0 Å². The maximum atomic E-state index is 6.26. The maximum Gasteiger partial charge on any atom is 0.0645 e.